The molecule has 0 amide bonds. The van der Waals surface area contributed by atoms with Gasteiger partial charge in [0, 0.05) is 48.4 Å². The van der Waals surface area contributed by atoms with Crippen molar-refractivity contribution in [1.29, 1.82) is 0 Å². The number of anilines is 1. The Labute approximate surface area is 210 Å². The van der Waals surface area contributed by atoms with E-state index in [-0.39, 0.29) is 37.6 Å². The molecule has 7 rings (SSSR count). The fourth-order valence-corrected chi connectivity index (χ4v) is 6.39. The minimum absolute atomic E-state index is 0.0269. The van der Waals surface area contributed by atoms with E-state index in [1.165, 1.54) is 4.90 Å². The second kappa shape index (κ2) is 7.62. The molecule has 3 aromatic rings. The van der Waals surface area contributed by atoms with Crippen LogP contribution in [-0.2, 0) is 17.8 Å². The minimum Gasteiger partial charge on any atom is -0.377 e. The standard InChI is InChI=1S/C24H23ClF3N7O/c25-17-2-3-18-15(6-17)9-34(23(13-36-14-23)24(26,27)28)10-19-31-32-20(35(18)19)16-7-22(8-16)11-33(12-22)21-29-4-1-5-30-21/h1-6,16H,7-14H2. The lowest BCUT2D eigenvalue weighted by molar-refractivity contribution is -0.310. The molecule has 1 spiro atoms. The molecule has 0 atom stereocenters. The third-order valence-corrected chi connectivity index (χ3v) is 8.39. The first-order valence-electron chi connectivity index (χ1n) is 11.9. The van der Waals surface area contributed by atoms with Gasteiger partial charge in [-0.25, -0.2) is 9.97 Å². The lowest BCUT2D eigenvalue weighted by Crippen LogP contribution is -2.69. The van der Waals surface area contributed by atoms with Gasteiger partial charge in [0.05, 0.1) is 25.4 Å². The van der Waals surface area contributed by atoms with Crippen molar-refractivity contribution in [3.63, 3.8) is 0 Å². The second-order valence-corrected chi connectivity index (χ2v) is 10.9. The molecule has 2 saturated heterocycles. The van der Waals surface area contributed by atoms with Crippen LogP contribution in [0.5, 0.6) is 0 Å². The normalized spacial score (nSPS) is 22.7. The maximum Gasteiger partial charge on any atom is 0.411 e. The Morgan fingerprint density at radius 3 is 2.44 bits per heavy atom. The molecule has 0 N–H and O–H groups in total. The van der Waals surface area contributed by atoms with Gasteiger partial charge in [-0.15, -0.1) is 10.2 Å². The molecule has 4 aliphatic rings. The first-order valence-corrected chi connectivity index (χ1v) is 12.3. The fourth-order valence-electron chi connectivity index (χ4n) is 6.20. The van der Waals surface area contributed by atoms with E-state index < -0.39 is 11.7 Å². The van der Waals surface area contributed by atoms with Gasteiger partial charge in [0.25, 0.3) is 0 Å². The molecule has 0 bridgehead atoms. The number of rotatable bonds is 3. The van der Waals surface area contributed by atoms with Crippen LogP contribution < -0.4 is 4.90 Å². The maximum atomic E-state index is 14.2. The van der Waals surface area contributed by atoms with E-state index >= 15 is 0 Å². The van der Waals surface area contributed by atoms with E-state index in [4.69, 9.17) is 16.3 Å². The SMILES string of the molecule is FC(F)(F)C1(N2Cc3cc(Cl)ccc3-n3c(nnc3C3CC4(C3)CN(c3ncccn3)C4)C2)COC1. The second-order valence-electron chi connectivity index (χ2n) is 10.5. The number of benzene rings is 1. The van der Waals surface area contributed by atoms with Crippen molar-refractivity contribution in [3.8, 4) is 5.69 Å². The van der Waals surface area contributed by atoms with E-state index in [9.17, 15) is 13.2 Å². The van der Waals surface area contributed by atoms with Crippen LogP contribution in [0.25, 0.3) is 5.69 Å². The Kier molecular flexibility index (Phi) is 4.75. The van der Waals surface area contributed by atoms with Gasteiger partial charge in [-0.3, -0.25) is 9.47 Å². The Balaban J connectivity index is 1.18. The number of fused-ring (bicyclic) bond motifs is 3. The minimum atomic E-state index is -4.43. The van der Waals surface area contributed by atoms with Gasteiger partial charge in [-0.05, 0) is 42.7 Å². The molecule has 5 heterocycles. The summed E-state index contributed by atoms with van der Waals surface area (Å²) in [6.45, 7) is 1.13. The molecular formula is C24H23ClF3N7O. The van der Waals surface area contributed by atoms with E-state index in [0.29, 0.717) is 10.8 Å². The van der Waals surface area contributed by atoms with Crippen molar-refractivity contribution in [1.82, 2.24) is 29.6 Å². The zero-order valence-electron chi connectivity index (χ0n) is 19.2. The average molecular weight is 518 g/mol. The average Bonchev–Trinajstić information content (AvgIpc) is 3.06. The first-order chi connectivity index (χ1) is 17.3. The van der Waals surface area contributed by atoms with Gasteiger partial charge in [-0.2, -0.15) is 13.2 Å². The van der Waals surface area contributed by atoms with Crippen molar-refractivity contribution < 1.29 is 17.9 Å². The monoisotopic (exact) mass is 517 g/mol. The summed E-state index contributed by atoms with van der Waals surface area (Å²) in [6, 6.07) is 7.18. The van der Waals surface area contributed by atoms with Crippen molar-refractivity contribution in [2.75, 3.05) is 31.2 Å². The van der Waals surface area contributed by atoms with Crippen LogP contribution in [0.1, 0.15) is 36.0 Å². The van der Waals surface area contributed by atoms with Crippen molar-refractivity contribution in [3.05, 3.63) is 58.9 Å². The molecule has 1 aliphatic carbocycles. The van der Waals surface area contributed by atoms with Crippen molar-refractivity contribution in [2.45, 2.75) is 43.6 Å². The van der Waals surface area contributed by atoms with E-state index in [1.54, 1.807) is 30.6 Å². The maximum absolute atomic E-state index is 14.2. The van der Waals surface area contributed by atoms with E-state index in [1.807, 2.05) is 10.6 Å². The van der Waals surface area contributed by atoms with Crippen LogP contribution in [0.2, 0.25) is 5.02 Å². The summed E-state index contributed by atoms with van der Waals surface area (Å²) in [5, 5.41) is 9.39. The molecular weight excluding hydrogens is 495 g/mol. The molecule has 1 aromatic carbocycles. The number of ether oxygens (including phenoxy) is 1. The summed E-state index contributed by atoms with van der Waals surface area (Å²) >= 11 is 6.28. The Hall–Kier alpha value is -2.76. The molecule has 1 saturated carbocycles. The number of halogens is 4. The largest absolute Gasteiger partial charge is 0.411 e. The zero-order valence-corrected chi connectivity index (χ0v) is 20.0. The lowest BCUT2D eigenvalue weighted by Gasteiger charge is -2.58. The molecule has 0 radical (unpaired) electrons. The first kappa shape index (κ1) is 22.4. The van der Waals surface area contributed by atoms with Crippen LogP contribution in [0.4, 0.5) is 19.1 Å². The predicted octanol–water partition coefficient (Wildman–Crippen LogP) is 3.74. The van der Waals surface area contributed by atoms with Crippen LogP contribution in [0.3, 0.4) is 0 Å². The topological polar surface area (TPSA) is 72.2 Å². The molecule has 36 heavy (non-hydrogen) atoms. The number of aromatic nitrogens is 5. The molecule has 188 valence electrons. The third kappa shape index (κ3) is 3.22. The van der Waals surface area contributed by atoms with Crippen molar-refractivity contribution in [2.24, 2.45) is 5.41 Å². The smallest absolute Gasteiger partial charge is 0.377 e. The van der Waals surface area contributed by atoms with Crippen LogP contribution in [-0.4, -0.2) is 67.7 Å². The number of hydrogen-bond acceptors (Lipinski definition) is 7. The van der Waals surface area contributed by atoms with Gasteiger partial charge in [0.1, 0.15) is 5.82 Å². The predicted molar refractivity (Wildman–Crippen MR) is 124 cm³/mol. The quantitative estimate of drug-likeness (QED) is 0.524. The Morgan fingerprint density at radius 2 is 1.78 bits per heavy atom. The highest BCUT2D eigenvalue weighted by Crippen LogP contribution is 2.56. The Morgan fingerprint density at radius 1 is 1.03 bits per heavy atom. The highest BCUT2D eigenvalue weighted by Gasteiger charge is 2.64. The van der Waals surface area contributed by atoms with Gasteiger partial charge < -0.3 is 9.64 Å². The summed E-state index contributed by atoms with van der Waals surface area (Å²) in [5.74, 6) is 2.24. The van der Waals surface area contributed by atoms with Gasteiger partial charge >= 0.3 is 6.18 Å². The summed E-state index contributed by atoms with van der Waals surface area (Å²) in [5.41, 5.74) is -0.325. The molecule has 2 aromatic heterocycles. The van der Waals surface area contributed by atoms with Gasteiger partial charge in [0.15, 0.2) is 11.4 Å². The highest BCUT2D eigenvalue weighted by molar-refractivity contribution is 6.30. The summed E-state index contributed by atoms with van der Waals surface area (Å²) in [6.07, 6.45) is 0.950. The van der Waals surface area contributed by atoms with Crippen LogP contribution in [0, 0.1) is 5.41 Å². The molecule has 12 heteroatoms. The Bertz CT molecular complexity index is 1310. The number of nitrogens with zero attached hydrogens (tertiary/aromatic N) is 7. The van der Waals surface area contributed by atoms with E-state index in [2.05, 4.69) is 25.1 Å². The zero-order chi connectivity index (χ0) is 24.7. The fraction of sp³-hybridized carbons (Fsp3) is 0.500. The highest BCUT2D eigenvalue weighted by atomic mass is 35.5. The van der Waals surface area contributed by atoms with Crippen molar-refractivity contribution >= 4 is 17.5 Å². The summed E-state index contributed by atoms with van der Waals surface area (Å²) in [4.78, 5) is 12.3. The molecule has 3 fully saturated rings. The summed E-state index contributed by atoms with van der Waals surface area (Å²) < 4.78 is 49.6. The van der Waals surface area contributed by atoms with Gasteiger partial charge in [-0.1, -0.05) is 11.6 Å². The van der Waals surface area contributed by atoms with E-state index in [0.717, 1.165) is 49.0 Å². The third-order valence-electron chi connectivity index (χ3n) is 8.16. The lowest BCUT2D eigenvalue weighted by atomic mass is 9.57. The number of alkyl halides is 3. The molecule has 3 aliphatic heterocycles. The van der Waals surface area contributed by atoms with Gasteiger partial charge in [0.2, 0.25) is 5.95 Å². The van der Waals surface area contributed by atoms with Crippen LogP contribution >= 0.6 is 11.6 Å². The molecule has 0 unspecified atom stereocenters. The molecule has 8 nitrogen and oxygen atoms in total. The number of hydrogen-bond donors (Lipinski definition) is 0. The van der Waals surface area contributed by atoms with Crippen LogP contribution in [0.15, 0.2) is 36.7 Å². The summed E-state index contributed by atoms with van der Waals surface area (Å²) in [7, 11) is 0.